The number of nitrogens with one attached hydrogen (secondary N) is 1. The van der Waals surface area contributed by atoms with Gasteiger partial charge in [-0.15, -0.1) is 0 Å². The second kappa shape index (κ2) is 6.25. The van der Waals surface area contributed by atoms with Crippen molar-refractivity contribution in [3.63, 3.8) is 0 Å². The zero-order valence-electron chi connectivity index (χ0n) is 10.5. The SMILES string of the molecule is CC(NC(=O)C(C(F)(F)F)C(F)(F)F)c1cccc(Br)c1. The maximum absolute atomic E-state index is 12.4. The monoisotopic (exact) mass is 377 g/mol. The lowest BCUT2D eigenvalue weighted by Crippen LogP contribution is -2.48. The average Bonchev–Trinajstić information content (AvgIpc) is 2.24. The molecule has 0 saturated carbocycles. The summed E-state index contributed by atoms with van der Waals surface area (Å²) in [5.41, 5.74) is 0.376. The topological polar surface area (TPSA) is 29.1 Å². The number of halogens is 7. The molecule has 0 aromatic heterocycles. The first-order valence-electron chi connectivity index (χ1n) is 5.62. The van der Waals surface area contributed by atoms with E-state index in [1.54, 1.807) is 17.4 Å². The minimum absolute atomic E-state index is 0.376. The summed E-state index contributed by atoms with van der Waals surface area (Å²) in [5.74, 6) is -6.16. The fourth-order valence-electron chi connectivity index (χ4n) is 1.64. The van der Waals surface area contributed by atoms with Crippen molar-refractivity contribution in [2.45, 2.75) is 25.3 Å². The van der Waals surface area contributed by atoms with Gasteiger partial charge in [-0.2, -0.15) is 26.3 Å². The molecule has 0 heterocycles. The van der Waals surface area contributed by atoms with Crippen LogP contribution in [0.3, 0.4) is 0 Å². The molecule has 1 unspecified atom stereocenters. The molecule has 0 bridgehead atoms. The van der Waals surface area contributed by atoms with E-state index in [2.05, 4.69) is 15.9 Å². The van der Waals surface area contributed by atoms with Crippen LogP contribution in [-0.2, 0) is 4.79 Å². The normalized spacial score (nSPS) is 14.1. The van der Waals surface area contributed by atoms with Gasteiger partial charge >= 0.3 is 12.4 Å². The van der Waals surface area contributed by atoms with E-state index in [1.807, 2.05) is 0 Å². The molecule has 1 N–H and O–H groups in total. The van der Waals surface area contributed by atoms with E-state index in [-0.39, 0.29) is 0 Å². The van der Waals surface area contributed by atoms with Crippen LogP contribution in [0.25, 0.3) is 0 Å². The quantitative estimate of drug-likeness (QED) is 0.778. The Morgan fingerprint density at radius 1 is 1.14 bits per heavy atom. The van der Waals surface area contributed by atoms with Crippen LogP contribution in [-0.4, -0.2) is 18.3 Å². The predicted molar refractivity (Wildman–Crippen MR) is 66.3 cm³/mol. The molecule has 1 atom stereocenters. The summed E-state index contributed by atoms with van der Waals surface area (Å²) < 4.78 is 75.0. The van der Waals surface area contributed by atoms with E-state index in [0.29, 0.717) is 10.0 Å². The molecule has 118 valence electrons. The number of rotatable bonds is 3. The Kier molecular flexibility index (Phi) is 5.30. The van der Waals surface area contributed by atoms with E-state index in [0.717, 1.165) is 0 Å². The highest BCUT2D eigenvalue weighted by molar-refractivity contribution is 9.10. The molecule has 2 nitrogen and oxygen atoms in total. The highest BCUT2D eigenvalue weighted by Crippen LogP contribution is 2.39. The van der Waals surface area contributed by atoms with Crippen LogP contribution in [0.15, 0.2) is 28.7 Å². The molecule has 1 aromatic rings. The van der Waals surface area contributed by atoms with Crippen molar-refractivity contribution in [1.29, 1.82) is 0 Å². The number of hydrogen-bond acceptors (Lipinski definition) is 1. The molecule has 1 aromatic carbocycles. The van der Waals surface area contributed by atoms with Gasteiger partial charge in [0.25, 0.3) is 0 Å². The maximum Gasteiger partial charge on any atom is 0.409 e. The molecule has 21 heavy (non-hydrogen) atoms. The summed E-state index contributed by atoms with van der Waals surface area (Å²) in [4.78, 5) is 11.3. The van der Waals surface area contributed by atoms with Crippen molar-refractivity contribution in [2.75, 3.05) is 0 Å². The fourth-order valence-corrected chi connectivity index (χ4v) is 2.06. The van der Waals surface area contributed by atoms with Crippen molar-refractivity contribution >= 4 is 21.8 Å². The zero-order valence-corrected chi connectivity index (χ0v) is 12.1. The second-order valence-corrected chi connectivity index (χ2v) is 5.22. The first-order chi connectivity index (χ1) is 9.43. The largest absolute Gasteiger partial charge is 0.409 e. The van der Waals surface area contributed by atoms with Crippen molar-refractivity contribution in [2.24, 2.45) is 5.92 Å². The standard InChI is InChI=1S/C12H10BrF6NO/c1-6(7-3-2-4-8(13)5-7)20-10(21)9(11(14,15)16)12(17,18)19/h2-6,9H,1H3,(H,20,21). The number of hydrogen-bond donors (Lipinski definition) is 1. The third kappa shape index (κ3) is 4.90. The van der Waals surface area contributed by atoms with E-state index in [4.69, 9.17) is 0 Å². The molecule has 0 radical (unpaired) electrons. The van der Waals surface area contributed by atoms with Gasteiger partial charge in [0, 0.05) is 4.47 Å². The van der Waals surface area contributed by atoms with Crippen LogP contribution in [0.1, 0.15) is 18.5 Å². The summed E-state index contributed by atoms with van der Waals surface area (Å²) >= 11 is 3.12. The van der Waals surface area contributed by atoms with E-state index >= 15 is 0 Å². The first-order valence-corrected chi connectivity index (χ1v) is 6.41. The summed E-state index contributed by atoms with van der Waals surface area (Å²) in [6.07, 6.45) is -11.4. The van der Waals surface area contributed by atoms with Gasteiger partial charge in [0.2, 0.25) is 11.8 Å². The highest BCUT2D eigenvalue weighted by atomic mass is 79.9. The number of carbonyl (C=O) groups excluding carboxylic acids is 1. The van der Waals surface area contributed by atoms with Crippen LogP contribution in [0, 0.1) is 5.92 Å². The van der Waals surface area contributed by atoms with Gasteiger partial charge in [-0.25, -0.2) is 0 Å². The molecule has 1 amide bonds. The Morgan fingerprint density at radius 3 is 2.10 bits per heavy atom. The van der Waals surface area contributed by atoms with Gasteiger partial charge in [0.15, 0.2) is 0 Å². The summed E-state index contributed by atoms with van der Waals surface area (Å²) in [5, 5.41) is 1.74. The van der Waals surface area contributed by atoms with Crippen LogP contribution in [0.2, 0.25) is 0 Å². The molecule has 1 rings (SSSR count). The molecule has 0 aliphatic carbocycles. The lowest BCUT2D eigenvalue weighted by molar-refractivity contribution is -0.274. The molecular weight excluding hydrogens is 368 g/mol. The first kappa shape index (κ1) is 17.8. The zero-order chi connectivity index (χ0) is 16.4. The summed E-state index contributed by atoms with van der Waals surface area (Å²) in [6.45, 7) is 1.30. The minimum atomic E-state index is -5.70. The summed E-state index contributed by atoms with van der Waals surface area (Å²) in [7, 11) is 0. The molecule has 0 aliphatic heterocycles. The van der Waals surface area contributed by atoms with Gasteiger partial charge in [-0.1, -0.05) is 28.1 Å². The number of alkyl halides is 6. The molecule has 9 heteroatoms. The average molecular weight is 378 g/mol. The van der Waals surface area contributed by atoms with E-state index in [1.165, 1.54) is 19.1 Å². The maximum atomic E-state index is 12.4. The van der Waals surface area contributed by atoms with Gasteiger partial charge < -0.3 is 5.32 Å². The van der Waals surface area contributed by atoms with E-state index in [9.17, 15) is 31.1 Å². The van der Waals surface area contributed by atoms with Crippen LogP contribution >= 0.6 is 15.9 Å². The van der Waals surface area contributed by atoms with Gasteiger partial charge in [-0.05, 0) is 24.6 Å². The highest BCUT2D eigenvalue weighted by Gasteiger charge is 2.61. The van der Waals surface area contributed by atoms with E-state index < -0.39 is 30.2 Å². The van der Waals surface area contributed by atoms with Gasteiger partial charge in [-0.3, -0.25) is 4.79 Å². The van der Waals surface area contributed by atoms with Crippen LogP contribution in [0.4, 0.5) is 26.3 Å². The van der Waals surface area contributed by atoms with Crippen LogP contribution < -0.4 is 5.32 Å². The van der Waals surface area contributed by atoms with Crippen molar-refractivity contribution in [3.05, 3.63) is 34.3 Å². The van der Waals surface area contributed by atoms with Crippen LogP contribution in [0.5, 0.6) is 0 Å². The molecule has 0 fully saturated rings. The van der Waals surface area contributed by atoms with Gasteiger partial charge in [0.1, 0.15) is 0 Å². The molecule has 0 aliphatic rings. The lowest BCUT2D eigenvalue weighted by Gasteiger charge is -2.24. The summed E-state index contributed by atoms with van der Waals surface area (Å²) in [6, 6.07) is 5.15. The van der Waals surface area contributed by atoms with Crippen molar-refractivity contribution < 1.29 is 31.1 Å². The second-order valence-electron chi connectivity index (χ2n) is 4.30. The fraction of sp³-hybridized carbons (Fsp3) is 0.417. The third-order valence-corrected chi connectivity index (χ3v) is 3.12. The number of benzene rings is 1. The minimum Gasteiger partial charge on any atom is -0.349 e. The Balaban J connectivity index is 2.92. The Bertz CT molecular complexity index is 499. The molecule has 0 spiro atoms. The lowest BCUT2D eigenvalue weighted by atomic mass is 10.0. The third-order valence-electron chi connectivity index (χ3n) is 2.62. The Labute approximate surface area is 124 Å². The predicted octanol–water partition coefficient (Wildman–Crippen LogP) is 4.37. The molecule has 0 saturated heterocycles. The Hall–Kier alpha value is -1.25. The van der Waals surface area contributed by atoms with Crippen molar-refractivity contribution in [3.8, 4) is 0 Å². The number of amides is 1. The molecular formula is C12H10BrF6NO. The Morgan fingerprint density at radius 2 is 1.67 bits per heavy atom. The smallest absolute Gasteiger partial charge is 0.349 e. The number of carbonyl (C=O) groups is 1. The van der Waals surface area contributed by atoms with Crippen molar-refractivity contribution in [1.82, 2.24) is 5.32 Å². The van der Waals surface area contributed by atoms with Gasteiger partial charge in [0.05, 0.1) is 6.04 Å².